The highest BCUT2D eigenvalue weighted by molar-refractivity contribution is 9.10. The molecule has 0 amide bonds. The van der Waals surface area contributed by atoms with Crippen LogP contribution in [0.3, 0.4) is 0 Å². The Kier molecular flexibility index (Phi) is 4.88. The maximum Gasteiger partial charge on any atom is 0.261 e. The second-order valence-corrected chi connectivity index (χ2v) is 8.27. The number of halogens is 3. The van der Waals surface area contributed by atoms with Crippen molar-refractivity contribution >= 4 is 47.3 Å². The molecule has 3 nitrogen and oxygen atoms in total. The number of hydrogen-bond acceptors (Lipinski definition) is 3. The van der Waals surface area contributed by atoms with Crippen LogP contribution in [0.5, 0.6) is 11.5 Å². The second-order valence-electron chi connectivity index (χ2n) is 4.50. The van der Waals surface area contributed by atoms with Gasteiger partial charge in [0.05, 0.1) is 9.92 Å². The van der Waals surface area contributed by atoms with E-state index in [1.165, 1.54) is 18.2 Å². The Bertz CT molecular complexity index is 781. The highest BCUT2D eigenvalue weighted by Gasteiger charge is 2.13. The van der Waals surface area contributed by atoms with Gasteiger partial charge in [0.15, 0.2) is 0 Å². The molecule has 0 heterocycles. The molecule has 0 N–H and O–H groups in total. The molecule has 0 unspecified atom stereocenters. The fourth-order valence-corrected chi connectivity index (χ4v) is 3.10. The number of benzene rings is 2. The van der Waals surface area contributed by atoms with Gasteiger partial charge in [-0.25, -0.2) is 8.42 Å². The molecule has 0 spiro atoms. The van der Waals surface area contributed by atoms with E-state index < -0.39 is 9.05 Å². The molecule has 112 valence electrons. The van der Waals surface area contributed by atoms with Gasteiger partial charge in [-0.1, -0.05) is 27.5 Å². The average Bonchev–Trinajstić information content (AvgIpc) is 2.37. The van der Waals surface area contributed by atoms with E-state index in [0.717, 1.165) is 15.6 Å². The van der Waals surface area contributed by atoms with Gasteiger partial charge in [0.2, 0.25) is 0 Å². The van der Waals surface area contributed by atoms with Gasteiger partial charge in [-0.2, -0.15) is 0 Å². The molecule has 0 saturated carbocycles. The van der Waals surface area contributed by atoms with E-state index in [0.29, 0.717) is 11.5 Å². The lowest BCUT2D eigenvalue weighted by Gasteiger charge is -2.11. The minimum atomic E-state index is -3.81. The predicted molar refractivity (Wildman–Crippen MR) is 88.2 cm³/mol. The lowest BCUT2D eigenvalue weighted by atomic mass is 10.1. The van der Waals surface area contributed by atoms with Gasteiger partial charge in [-0.15, -0.1) is 0 Å². The van der Waals surface area contributed by atoms with Crippen molar-refractivity contribution in [2.24, 2.45) is 0 Å². The lowest BCUT2D eigenvalue weighted by molar-refractivity contribution is 0.481. The smallest absolute Gasteiger partial charge is 0.261 e. The van der Waals surface area contributed by atoms with Gasteiger partial charge in [-0.05, 0) is 55.3 Å². The zero-order valence-electron chi connectivity index (χ0n) is 11.2. The standard InChI is InChI=1S/C14H11BrCl2O3S/c1-8-5-10(6-9(2)14(8)15)20-13-4-3-11(7-12(13)16)21(17,18)19/h3-7H,1-2H3. The van der Waals surface area contributed by atoms with Gasteiger partial charge < -0.3 is 4.74 Å². The summed E-state index contributed by atoms with van der Waals surface area (Å²) in [6.45, 7) is 3.91. The van der Waals surface area contributed by atoms with Crippen LogP contribution in [0.15, 0.2) is 39.7 Å². The molecule has 7 heteroatoms. The van der Waals surface area contributed by atoms with Gasteiger partial charge in [0.1, 0.15) is 11.5 Å². The summed E-state index contributed by atoms with van der Waals surface area (Å²) < 4.78 is 29.2. The van der Waals surface area contributed by atoms with Crippen molar-refractivity contribution in [3.63, 3.8) is 0 Å². The Morgan fingerprint density at radius 3 is 2.14 bits per heavy atom. The Morgan fingerprint density at radius 2 is 1.67 bits per heavy atom. The Morgan fingerprint density at radius 1 is 1.10 bits per heavy atom. The van der Waals surface area contributed by atoms with Crippen LogP contribution in [-0.4, -0.2) is 8.42 Å². The van der Waals surface area contributed by atoms with Crippen molar-refractivity contribution in [2.45, 2.75) is 18.7 Å². The first-order chi connectivity index (χ1) is 9.68. The summed E-state index contributed by atoms with van der Waals surface area (Å²) in [4.78, 5) is -0.0651. The lowest BCUT2D eigenvalue weighted by Crippen LogP contribution is -1.93. The van der Waals surface area contributed by atoms with Crippen molar-refractivity contribution in [1.82, 2.24) is 0 Å². The highest BCUT2D eigenvalue weighted by atomic mass is 79.9. The third-order valence-electron chi connectivity index (χ3n) is 2.82. The molecule has 0 saturated heterocycles. The van der Waals surface area contributed by atoms with E-state index in [9.17, 15) is 8.42 Å². The zero-order chi connectivity index (χ0) is 15.8. The summed E-state index contributed by atoms with van der Waals surface area (Å²) >= 11 is 9.52. The molecule has 0 aliphatic rings. The van der Waals surface area contributed by atoms with Crippen molar-refractivity contribution in [1.29, 1.82) is 0 Å². The molecule has 2 rings (SSSR count). The molecule has 0 aromatic heterocycles. The third kappa shape index (κ3) is 3.92. The fourth-order valence-electron chi connectivity index (χ4n) is 1.81. The van der Waals surface area contributed by atoms with Crippen molar-refractivity contribution < 1.29 is 13.2 Å². The van der Waals surface area contributed by atoms with E-state index in [1.54, 1.807) is 0 Å². The van der Waals surface area contributed by atoms with E-state index in [1.807, 2.05) is 26.0 Å². The van der Waals surface area contributed by atoms with Crippen LogP contribution in [0.2, 0.25) is 5.02 Å². The van der Waals surface area contributed by atoms with E-state index in [4.69, 9.17) is 27.0 Å². The first kappa shape index (κ1) is 16.6. The van der Waals surface area contributed by atoms with Gasteiger partial charge in [0, 0.05) is 15.2 Å². The van der Waals surface area contributed by atoms with Crippen molar-refractivity contribution in [2.75, 3.05) is 0 Å². The maximum absolute atomic E-state index is 11.2. The molecule has 2 aromatic carbocycles. The molecule has 2 aromatic rings. The monoisotopic (exact) mass is 408 g/mol. The van der Waals surface area contributed by atoms with Gasteiger partial charge >= 0.3 is 0 Å². The normalized spacial score (nSPS) is 11.5. The topological polar surface area (TPSA) is 43.4 Å². The Balaban J connectivity index is 2.37. The third-order valence-corrected chi connectivity index (χ3v) is 5.72. The first-order valence-electron chi connectivity index (χ1n) is 5.87. The van der Waals surface area contributed by atoms with Crippen LogP contribution in [0.25, 0.3) is 0 Å². The first-order valence-corrected chi connectivity index (χ1v) is 9.35. The summed E-state index contributed by atoms with van der Waals surface area (Å²) in [5.41, 5.74) is 2.06. The molecule has 21 heavy (non-hydrogen) atoms. The van der Waals surface area contributed by atoms with E-state index >= 15 is 0 Å². The van der Waals surface area contributed by atoms with Crippen LogP contribution >= 0.6 is 38.2 Å². The zero-order valence-corrected chi connectivity index (χ0v) is 15.1. The average molecular weight is 410 g/mol. The Labute approximate surface area is 141 Å². The fraction of sp³-hybridized carbons (Fsp3) is 0.143. The molecule has 0 radical (unpaired) electrons. The summed E-state index contributed by atoms with van der Waals surface area (Å²) in [6, 6.07) is 7.81. The molecule has 0 bridgehead atoms. The number of aryl methyl sites for hydroxylation is 2. The Hall–Kier alpha value is -0.750. The van der Waals surface area contributed by atoms with Crippen LogP contribution < -0.4 is 4.74 Å². The number of rotatable bonds is 3. The molecule has 0 aliphatic heterocycles. The van der Waals surface area contributed by atoms with Crippen LogP contribution in [0.4, 0.5) is 0 Å². The largest absolute Gasteiger partial charge is 0.456 e. The quantitative estimate of drug-likeness (QED) is 0.634. The van der Waals surface area contributed by atoms with Crippen molar-refractivity contribution in [3.8, 4) is 11.5 Å². The minimum absolute atomic E-state index is 0.0651. The summed E-state index contributed by atoms with van der Waals surface area (Å²) in [6.07, 6.45) is 0. The predicted octanol–water partition coefficient (Wildman–Crippen LogP) is 5.44. The van der Waals surface area contributed by atoms with E-state index in [-0.39, 0.29) is 9.92 Å². The highest BCUT2D eigenvalue weighted by Crippen LogP contribution is 2.34. The van der Waals surface area contributed by atoms with Crippen LogP contribution in [0, 0.1) is 13.8 Å². The van der Waals surface area contributed by atoms with Crippen LogP contribution in [0.1, 0.15) is 11.1 Å². The van der Waals surface area contributed by atoms with Crippen molar-refractivity contribution in [3.05, 3.63) is 51.0 Å². The second kappa shape index (κ2) is 6.16. The summed E-state index contributed by atoms with van der Waals surface area (Å²) in [5.74, 6) is 0.985. The van der Waals surface area contributed by atoms with Crippen LogP contribution in [-0.2, 0) is 9.05 Å². The number of ether oxygens (including phenoxy) is 1. The van der Waals surface area contributed by atoms with Gasteiger partial charge in [0.25, 0.3) is 9.05 Å². The molecule has 0 atom stereocenters. The molecule has 0 aliphatic carbocycles. The molecule has 0 fully saturated rings. The summed E-state index contributed by atoms with van der Waals surface area (Å²) in [5, 5.41) is 0.176. The van der Waals surface area contributed by atoms with E-state index in [2.05, 4.69) is 15.9 Å². The van der Waals surface area contributed by atoms with Gasteiger partial charge in [-0.3, -0.25) is 0 Å². The minimum Gasteiger partial charge on any atom is -0.456 e. The SMILES string of the molecule is Cc1cc(Oc2ccc(S(=O)(=O)Cl)cc2Cl)cc(C)c1Br. The number of hydrogen-bond donors (Lipinski definition) is 0. The molecular weight excluding hydrogens is 399 g/mol. The molecular formula is C14H11BrCl2O3S. The summed E-state index contributed by atoms with van der Waals surface area (Å²) in [7, 11) is 1.46. The maximum atomic E-state index is 11.2.